The smallest absolute Gasteiger partial charge is 0.187 e. The van der Waals surface area contributed by atoms with Gasteiger partial charge in [0.25, 0.3) is 0 Å². The summed E-state index contributed by atoms with van der Waals surface area (Å²) in [5, 5.41) is 0. The second-order valence-electron chi connectivity index (χ2n) is 4.30. The molecule has 0 saturated carbocycles. The number of hydrogen-bond donors (Lipinski definition) is 0. The zero-order chi connectivity index (χ0) is 13.4. The van der Waals surface area contributed by atoms with E-state index in [4.69, 9.17) is 0 Å². The summed E-state index contributed by atoms with van der Waals surface area (Å²) in [4.78, 5) is 24.0. The van der Waals surface area contributed by atoms with E-state index in [1.807, 2.05) is 36.4 Å². The lowest BCUT2D eigenvalue weighted by Gasteiger charge is -2.15. The molecule has 0 bridgehead atoms. The van der Waals surface area contributed by atoms with Gasteiger partial charge in [0.1, 0.15) is 0 Å². The van der Waals surface area contributed by atoms with Crippen molar-refractivity contribution in [3.05, 3.63) is 70.2 Å². The van der Waals surface area contributed by atoms with Crippen LogP contribution in [0.25, 0.3) is 11.1 Å². The number of rotatable bonds is 1. The Bertz CT molecular complexity index is 715. The summed E-state index contributed by atoms with van der Waals surface area (Å²) in [6.45, 7) is 0. The van der Waals surface area contributed by atoms with Crippen molar-refractivity contribution in [2.45, 2.75) is 0 Å². The Hall–Kier alpha value is -2.00. The van der Waals surface area contributed by atoms with Gasteiger partial charge in [-0.15, -0.1) is 0 Å². The lowest BCUT2D eigenvalue weighted by atomic mass is 9.88. The third kappa shape index (κ3) is 2.06. The molecule has 92 valence electrons. The van der Waals surface area contributed by atoms with E-state index >= 15 is 0 Å². The maximum Gasteiger partial charge on any atom is 0.187 e. The predicted molar refractivity (Wildman–Crippen MR) is 77.4 cm³/mol. The van der Waals surface area contributed by atoms with Crippen LogP contribution in [0.5, 0.6) is 0 Å². The summed E-state index contributed by atoms with van der Waals surface area (Å²) in [6.07, 6.45) is 2.66. The van der Waals surface area contributed by atoms with E-state index in [9.17, 15) is 9.59 Å². The molecule has 0 heterocycles. The third-order valence-electron chi connectivity index (χ3n) is 3.09. The van der Waals surface area contributed by atoms with Gasteiger partial charge < -0.3 is 0 Å². The quantitative estimate of drug-likeness (QED) is 0.796. The maximum absolute atomic E-state index is 12.1. The third-order valence-corrected chi connectivity index (χ3v) is 3.54. The lowest BCUT2D eigenvalue weighted by Crippen LogP contribution is -2.13. The van der Waals surface area contributed by atoms with Gasteiger partial charge in [0, 0.05) is 15.6 Å². The molecular weight excluding hydrogens is 304 g/mol. The average Bonchev–Trinajstić information content (AvgIpc) is 2.43. The minimum absolute atomic E-state index is 0.124. The van der Waals surface area contributed by atoms with Gasteiger partial charge in [0.2, 0.25) is 0 Å². The van der Waals surface area contributed by atoms with Crippen molar-refractivity contribution >= 4 is 27.5 Å². The summed E-state index contributed by atoms with van der Waals surface area (Å²) in [7, 11) is 0. The van der Waals surface area contributed by atoms with Gasteiger partial charge in [-0.05, 0) is 35.4 Å². The molecule has 2 aromatic rings. The van der Waals surface area contributed by atoms with Crippen molar-refractivity contribution in [3.8, 4) is 11.1 Å². The number of hydrogen-bond acceptors (Lipinski definition) is 2. The Morgan fingerprint density at radius 3 is 2.16 bits per heavy atom. The molecule has 0 saturated heterocycles. The van der Waals surface area contributed by atoms with Crippen LogP contribution in [-0.2, 0) is 0 Å². The van der Waals surface area contributed by atoms with Gasteiger partial charge >= 0.3 is 0 Å². The van der Waals surface area contributed by atoms with Crippen LogP contribution in [0.2, 0.25) is 0 Å². The number of halogens is 1. The van der Waals surface area contributed by atoms with Gasteiger partial charge in [-0.2, -0.15) is 0 Å². The van der Waals surface area contributed by atoms with E-state index in [2.05, 4.69) is 15.9 Å². The Balaban J connectivity index is 2.33. The van der Waals surface area contributed by atoms with Crippen LogP contribution < -0.4 is 0 Å². The van der Waals surface area contributed by atoms with E-state index in [-0.39, 0.29) is 11.6 Å². The molecule has 3 rings (SSSR count). The minimum Gasteiger partial charge on any atom is -0.289 e. The molecule has 19 heavy (non-hydrogen) atoms. The van der Waals surface area contributed by atoms with E-state index in [1.165, 1.54) is 12.2 Å². The van der Waals surface area contributed by atoms with Crippen molar-refractivity contribution in [1.82, 2.24) is 0 Å². The van der Waals surface area contributed by atoms with Gasteiger partial charge in [0.15, 0.2) is 11.6 Å². The number of allylic oxidation sites excluding steroid dienone is 2. The normalized spacial score (nSPS) is 13.5. The fourth-order valence-electron chi connectivity index (χ4n) is 2.24. The first-order chi connectivity index (χ1) is 9.16. The van der Waals surface area contributed by atoms with Crippen LogP contribution >= 0.6 is 15.9 Å². The molecule has 1 aliphatic carbocycles. The molecule has 0 N–H and O–H groups in total. The molecular formula is C16H9BrO2. The fourth-order valence-corrected chi connectivity index (χ4v) is 2.69. The molecule has 0 spiro atoms. The van der Waals surface area contributed by atoms with Crippen LogP contribution in [0, 0.1) is 0 Å². The molecule has 0 fully saturated rings. The van der Waals surface area contributed by atoms with E-state index in [0.29, 0.717) is 11.1 Å². The summed E-state index contributed by atoms with van der Waals surface area (Å²) in [6, 6.07) is 13.2. The highest BCUT2D eigenvalue weighted by molar-refractivity contribution is 9.10. The second-order valence-corrected chi connectivity index (χ2v) is 5.22. The Labute approximate surface area is 118 Å². The minimum atomic E-state index is -0.131. The van der Waals surface area contributed by atoms with Crippen molar-refractivity contribution in [2.75, 3.05) is 0 Å². The van der Waals surface area contributed by atoms with Crippen molar-refractivity contribution in [2.24, 2.45) is 0 Å². The van der Waals surface area contributed by atoms with Crippen LogP contribution in [-0.4, -0.2) is 11.6 Å². The summed E-state index contributed by atoms with van der Waals surface area (Å²) in [5.41, 5.74) is 2.66. The average molecular weight is 313 g/mol. The van der Waals surface area contributed by atoms with E-state index < -0.39 is 0 Å². The number of carbonyl (C=O) groups is 2. The zero-order valence-corrected chi connectivity index (χ0v) is 11.5. The molecule has 0 aromatic heterocycles. The van der Waals surface area contributed by atoms with Crippen molar-refractivity contribution in [1.29, 1.82) is 0 Å². The summed E-state index contributed by atoms with van der Waals surface area (Å²) in [5.74, 6) is -0.256. The molecule has 3 heteroatoms. The van der Waals surface area contributed by atoms with Crippen LogP contribution in [0.4, 0.5) is 0 Å². The molecule has 2 nitrogen and oxygen atoms in total. The Morgan fingerprint density at radius 1 is 0.789 bits per heavy atom. The first-order valence-corrected chi connectivity index (χ1v) is 6.62. The van der Waals surface area contributed by atoms with Gasteiger partial charge in [0.05, 0.1) is 0 Å². The SMILES string of the molecule is O=C1C=CC(=O)c2c1cc(Br)cc2-c1ccccc1. The van der Waals surface area contributed by atoms with Gasteiger partial charge in [-0.25, -0.2) is 0 Å². The van der Waals surface area contributed by atoms with Crippen molar-refractivity contribution in [3.63, 3.8) is 0 Å². The Morgan fingerprint density at radius 2 is 1.42 bits per heavy atom. The lowest BCUT2D eigenvalue weighted by molar-refractivity contribution is 0.0994. The largest absolute Gasteiger partial charge is 0.289 e. The second kappa shape index (κ2) is 4.59. The summed E-state index contributed by atoms with van der Waals surface area (Å²) < 4.78 is 0.793. The molecule has 2 aromatic carbocycles. The first kappa shape index (κ1) is 12.1. The summed E-state index contributed by atoms with van der Waals surface area (Å²) >= 11 is 3.40. The molecule has 0 radical (unpaired) electrons. The van der Waals surface area contributed by atoms with Crippen LogP contribution in [0.1, 0.15) is 20.7 Å². The highest BCUT2D eigenvalue weighted by Crippen LogP contribution is 2.32. The van der Waals surface area contributed by atoms with Crippen molar-refractivity contribution < 1.29 is 9.59 Å². The Kier molecular flexibility index (Phi) is 2.91. The zero-order valence-electron chi connectivity index (χ0n) is 9.89. The molecule has 0 amide bonds. The monoisotopic (exact) mass is 312 g/mol. The van der Waals surface area contributed by atoms with Gasteiger partial charge in [-0.1, -0.05) is 46.3 Å². The number of ketones is 2. The number of carbonyl (C=O) groups excluding carboxylic acids is 2. The topological polar surface area (TPSA) is 34.1 Å². The van der Waals surface area contributed by atoms with E-state index in [0.717, 1.165) is 15.6 Å². The molecule has 1 aliphatic rings. The first-order valence-electron chi connectivity index (χ1n) is 5.82. The van der Waals surface area contributed by atoms with Gasteiger partial charge in [-0.3, -0.25) is 9.59 Å². The molecule has 0 aliphatic heterocycles. The standard InChI is InChI=1S/C16H9BrO2/c17-11-8-12(10-4-2-1-3-5-10)16-13(9-11)14(18)6-7-15(16)19/h1-9H. The molecule has 0 unspecified atom stereocenters. The number of benzene rings is 2. The highest BCUT2D eigenvalue weighted by Gasteiger charge is 2.23. The number of fused-ring (bicyclic) bond motifs is 1. The van der Waals surface area contributed by atoms with Crippen LogP contribution in [0.15, 0.2) is 59.1 Å². The predicted octanol–water partition coefficient (Wildman–Crippen LogP) is 4.05. The maximum atomic E-state index is 12.1. The molecule has 0 atom stereocenters. The highest BCUT2D eigenvalue weighted by atomic mass is 79.9. The fraction of sp³-hybridized carbons (Fsp3) is 0. The van der Waals surface area contributed by atoms with Crippen LogP contribution in [0.3, 0.4) is 0 Å². The van der Waals surface area contributed by atoms with E-state index in [1.54, 1.807) is 6.07 Å².